The van der Waals surface area contributed by atoms with Crippen LogP contribution >= 0.6 is 0 Å². The van der Waals surface area contributed by atoms with Crippen molar-refractivity contribution in [2.45, 2.75) is 0 Å². The number of fused-ring (bicyclic) bond motifs is 4. The van der Waals surface area contributed by atoms with Gasteiger partial charge in [-0.3, -0.25) is 9.59 Å². The molecule has 0 unspecified atom stereocenters. The van der Waals surface area contributed by atoms with Crippen LogP contribution in [0.3, 0.4) is 0 Å². The predicted molar refractivity (Wildman–Crippen MR) is 231 cm³/mol. The smallest absolute Gasteiger partial charge is 0.268 e. The zero-order valence-corrected chi connectivity index (χ0v) is 30.9. The lowest BCUT2D eigenvalue weighted by molar-refractivity contribution is 0.0926. The highest BCUT2D eigenvalue weighted by Crippen LogP contribution is 2.43. The standard InChI is InChI=1S/C52H30N4O2/c1-54-45-21-11-10-19-40(45)37-24-27-42-41-26-23-36(39-18-9-8-17-38(39)32-53)30-48(41)55(49(42)31-37)47-22-12-20-43-50(47)52(58)56(51(43)57)46-28-25-35(33-13-4-2-5-14-33)29-44(46)34-15-6-3-7-16-34/h2-31H. The van der Waals surface area contributed by atoms with Crippen LogP contribution in [0, 0.1) is 17.9 Å². The summed E-state index contributed by atoms with van der Waals surface area (Å²) in [5, 5.41) is 11.9. The first-order valence-corrected chi connectivity index (χ1v) is 18.9. The van der Waals surface area contributed by atoms with Gasteiger partial charge in [0.1, 0.15) is 0 Å². The fourth-order valence-corrected chi connectivity index (χ4v) is 8.32. The van der Waals surface area contributed by atoms with Crippen molar-refractivity contribution >= 4 is 45.0 Å². The lowest BCUT2D eigenvalue weighted by atomic mass is 9.97. The van der Waals surface area contributed by atoms with E-state index in [-0.39, 0.29) is 0 Å². The molecule has 0 saturated heterocycles. The molecule has 8 aromatic carbocycles. The Labute approximate surface area is 334 Å². The monoisotopic (exact) mass is 742 g/mol. The van der Waals surface area contributed by atoms with Gasteiger partial charge in [-0.05, 0) is 81.4 Å². The van der Waals surface area contributed by atoms with Gasteiger partial charge in [0.2, 0.25) is 0 Å². The molecule has 0 spiro atoms. The van der Waals surface area contributed by atoms with E-state index in [2.05, 4.69) is 27.6 Å². The lowest BCUT2D eigenvalue weighted by Gasteiger charge is -2.20. The van der Waals surface area contributed by atoms with Gasteiger partial charge in [0.25, 0.3) is 11.8 Å². The van der Waals surface area contributed by atoms with E-state index in [1.54, 1.807) is 18.2 Å². The molecule has 0 fully saturated rings. The van der Waals surface area contributed by atoms with Crippen molar-refractivity contribution in [1.82, 2.24) is 4.57 Å². The molecule has 0 N–H and O–H groups in total. The number of anilines is 1. The van der Waals surface area contributed by atoms with Gasteiger partial charge in [-0.25, -0.2) is 9.74 Å². The molecule has 0 bridgehead atoms. The molecule has 270 valence electrons. The second-order valence-corrected chi connectivity index (χ2v) is 14.2. The third-order valence-electron chi connectivity index (χ3n) is 11.0. The van der Waals surface area contributed by atoms with Crippen molar-refractivity contribution in [2.24, 2.45) is 0 Å². The second kappa shape index (κ2) is 13.8. The highest BCUT2D eigenvalue weighted by Gasteiger charge is 2.40. The summed E-state index contributed by atoms with van der Waals surface area (Å²) in [5.74, 6) is -0.821. The van der Waals surface area contributed by atoms with E-state index in [0.717, 1.165) is 66.3 Å². The van der Waals surface area contributed by atoms with Gasteiger partial charge in [0, 0.05) is 16.3 Å². The minimum Gasteiger partial charge on any atom is -0.308 e. The van der Waals surface area contributed by atoms with Gasteiger partial charge in [-0.2, -0.15) is 5.26 Å². The number of nitriles is 1. The van der Waals surface area contributed by atoms with E-state index in [0.29, 0.717) is 33.8 Å². The Kier molecular flexibility index (Phi) is 8.11. The number of amides is 2. The number of hydrogen-bond acceptors (Lipinski definition) is 3. The van der Waals surface area contributed by atoms with E-state index in [4.69, 9.17) is 6.57 Å². The predicted octanol–water partition coefficient (Wildman–Crippen LogP) is 12.7. The van der Waals surface area contributed by atoms with Crippen LogP contribution in [0.25, 0.3) is 76.8 Å². The zero-order valence-electron chi connectivity index (χ0n) is 30.9. The molecule has 9 aromatic rings. The Hall–Kier alpha value is -8.32. The Morgan fingerprint density at radius 2 is 1.05 bits per heavy atom. The van der Waals surface area contributed by atoms with Gasteiger partial charge in [-0.15, -0.1) is 0 Å². The van der Waals surface area contributed by atoms with Gasteiger partial charge < -0.3 is 4.57 Å². The molecule has 58 heavy (non-hydrogen) atoms. The Morgan fingerprint density at radius 1 is 0.466 bits per heavy atom. The molecule has 1 aliphatic rings. The van der Waals surface area contributed by atoms with Crippen LogP contribution in [-0.2, 0) is 0 Å². The van der Waals surface area contributed by atoms with Crippen LogP contribution in [0.15, 0.2) is 182 Å². The molecule has 0 saturated carbocycles. The van der Waals surface area contributed by atoms with Gasteiger partial charge in [0.15, 0.2) is 5.69 Å². The van der Waals surface area contributed by atoms with Crippen molar-refractivity contribution in [3.63, 3.8) is 0 Å². The SMILES string of the molecule is [C-]#[N+]c1ccccc1-c1ccc2c3ccc(-c4ccccc4C#N)cc3n(-c3cccc4c3C(=O)N(c3ccc(-c5ccccc5)cc3-c3ccccc3)C4=O)c2c1. The summed E-state index contributed by atoms with van der Waals surface area (Å²) in [7, 11) is 0. The Bertz CT molecular complexity index is 3130. The number of imide groups is 1. The van der Waals surface area contributed by atoms with E-state index < -0.39 is 11.8 Å². The highest BCUT2D eigenvalue weighted by atomic mass is 16.2. The fourth-order valence-electron chi connectivity index (χ4n) is 8.32. The van der Waals surface area contributed by atoms with E-state index >= 15 is 4.79 Å². The third-order valence-corrected chi connectivity index (χ3v) is 11.0. The highest BCUT2D eigenvalue weighted by molar-refractivity contribution is 6.36. The second-order valence-electron chi connectivity index (χ2n) is 14.2. The van der Waals surface area contributed by atoms with Crippen LogP contribution < -0.4 is 4.90 Å². The van der Waals surface area contributed by atoms with Crippen LogP contribution in [0.2, 0.25) is 0 Å². The Balaban J connectivity index is 1.21. The third kappa shape index (κ3) is 5.40. The number of carbonyl (C=O) groups excluding carboxylic acids is 2. The first-order chi connectivity index (χ1) is 28.5. The molecule has 0 aliphatic carbocycles. The maximum atomic E-state index is 15.1. The van der Waals surface area contributed by atoms with Gasteiger partial charge >= 0.3 is 0 Å². The summed E-state index contributed by atoms with van der Waals surface area (Å²) in [6.07, 6.45) is 0. The minimum absolute atomic E-state index is 0.298. The van der Waals surface area contributed by atoms with Crippen molar-refractivity contribution < 1.29 is 9.59 Å². The zero-order chi connectivity index (χ0) is 39.3. The van der Waals surface area contributed by atoms with Gasteiger partial charge in [0.05, 0.1) is 51.7 Å². The fraction of sp³-hybridized carbons (Fsp3) is 0. The topological polar surface area (TPSA) is 70.5 Å². The molecule has 2 amide bonds. The van der Waals surface area contributed by atoms with Crippen LogP contribution in [0.5, 0.6) is 0 Å². The molecule has 10 rings (SSSR count). The molecule has 1 aromatic heterocycles. The maximum Gasteiger partial charge on any atom is 0.268 e. The number of aromatic nitrogens is 1. The number of nitrogens with zero attached hydrogens (tertiary/aromatic N) is 4. The number of para-hydroxylation sites is 1. The molecule has 1 aliphatic heterocycles. The molecule has 6 heteroatoms. The summed E-state index contributed by atoms with van der Waals surface area (Å²) >= 11 is 0. The summed E-state index contributed by atoms with van der Waals surface area (Å²) in [6.45, 7) is 7.86. The number of rotatable bonds is 6. The summed E-state index contributed by atoms with van der Waals surface area (Å²) < 4.78 is 2.05. The molecular weight excluding hydrogens is 713 g/mol. The molecular formula is C52H30N4O2. The molecule has 6 nitrogen and oxygen atoms in total. The van der Waals surface area contributed by atoms with Crippen molar-refractivity contribution in [2.75, 3.05) is 4.90 Å². The quantitative estimate of drug-likeness (QED) is 0.126. The lowest BCUT2D eigenvalue weighted by Crippen LogP contribution is -2.30. The van der Waals surface area contributed by atoms with Crippen LogP contribution in [0.1, 0.15) is 26.3 Å². The average Bonchev–Trinajstić information content (AvgIpc) is 3.75. The number of hydrogen-bond donors (Lipinski definition) is 0. The first-order valence-electron chi connectivity index (χ1n) is 18.9. The van der Waals surface area contributed by atoms with Crippen molar-refractivity contribution in [3.05, 3.63) is 210 Å². The maximum absolute atomic E-state index is 15.1. The largest absolute Gasteiger partial charge is 0.308 e. The Morgan fingerprint density at radius 3 is 1.74 bits per heavy atom. The normalized spacial score (nSPS) is 12.1. The first kappa shape index (κ1) is 34.2. The average molecular weight is 743 g/mol. The summed E-state index contributed by atoms with van der Waals surface area (Å²) in [6, 6.07) is 60.7. The summed E-state index contributed by atoms with van der Waals surface area (Å²) in [4.78, 5) is 34.9. The van der Waals surface area contributed by atoms with Crippen LogP contribution in [0.4, 0.5) is 11.4 Å². The molecule has 0 radical (unpaired) electrons. The van der Waals surface area contributed by atoms with E-state index in [1.807, 2.05) is 152 Å². The molecule has 2 heterocycles. The van der Waals surface area contributed by atoms with Crippen LogP contribution in [-0.4, -0.2) is 16.4 Å². The minimum atomic E-state index is -0.421. The van der Waals surface area contributed by atoms with Gasteiger partial charge in [-0.1, -0.05) is 140 Å². The number of benzene rings is 8. The van der Waals surface area contributed by atoms with Crippen molar-refractivity contribution in [3.8, 4) is 56.3 Å². The van der Waals surface area contributed by atoms with Crippen molar-refractivity contribution in [1.29, 1.82) is 5.26 Å². The number of carbonyl (C=O) groups is 2. The summed E-state index contributed by atoms with van der Waals surface area (Å²) in [5.41, 5.74) is 11.3. The van der Waals surface area contributed by atoms with E-state index in [9.17, 15) is 10.1 Å². The van der Waals surface area contributed by atoms with E-state index in [1.165, 1.54) is 4.90 Å². The molecule has 0 atom stereocenters.